The van der Waals surface area contributed by atoms with Crippen molar-refractivity contribution in [3.63, 3.8) is 0 Å². The van der Waals surface area contributed by atoms with E-state index in [-0.39, 0.29) is 10.3 Å². The summed E-state index contributed by atoms with van der Waals surface area (Å²) in [6.07, 6.45) is 0.996. The van der Waals surface area contributed by atoms with E-state index in [1.807, 2.05) is 0 Å². The van der Waals surface area contributed by atoms with E-state index in [1.165, 1.54) is 0 Å². The van der Waals surface area contributed by atoms with Crippen LogP contribution in [0.1, 0.15) is 20.3 Å². The Kier molecular flexibility index (Phi) is 4.52. The smallest absolute Gasteiger partial charge is 0.105 e. The first-order valence-corrected chi connectivity index (χ1v) is 4.90. The Balaban J connectivity index is 3.92. The Morgan fingerprint density at radius 2 is 2.00 bits per heavy atom. The van der Waals surface area contributed by atoms with E-state index in [9.17, 15) is 0 Å². The molecule has 3 heteroatoms. The third kappa shape index (κ3) is 2.65. The quantitative estimate of drug-likeness (QED) is 0.654. The van der Waals surface area contributed by atoms with Crippen LogP contribution in [-0.2, 0) is 0 Å². The number of hydrogen-bond acceptors (Lipinski definition) is 0. The number of rotatable bonds is 3. The minimum Gasteiger partial charge on any atom is -0.105 e. The summed E-state index contributed by atoms with van der Waals surface area (Å²) in [6, 6.07) is 0. The second-order valence-corrected chi connectivity index (χ2v) is 4.10. The van der Waals surface area contributed by atoms with Gasteiger partial charge in [0.1, 0.15) is 4.84 Å². The molecular formula is C6H11BrCl2. The molecule has 0 heterocycles. The largest absolute Gasteiger partial charge is 0.113 e. The van der Waals surface area contributed by atoms with Gasteiger partial charge in [0.05, 0.1) is 0 Å². The van der Waals surface area contributed by atoms with E-state index < -0.39 is 0 Å². The van der Waals surface area contributed by atoms with Crippen molar-refractivity contribution >= 4 is 39.1 Å². The molecule has 0 bridgehead atoms. The molecule has 0 amide bonds. The summed E-state index contributed by atoms with van der Waals surface area (Å²) in [7, 11) is 0. The Morgan fingerprint density at radius 1 is 1.56 bits per heavy atom. The van der Waals surface area contributed by atoms with E-state index in [0.717, 1.165) is 11.8 Å². The first kappa shape index (κ1) is 10.1. The van der Waals surface area contributed by atoms with E-state index >= 15 is 0 Å². The van der Waals surface area contributed by atoms with Gasteiger partial charge in [-0.25, -0.2) is 0 Å². The topological polar surface area (TPSA) is 0 Å². The molecule has 0 saturated carbocycles. The molecule has 1 atom stereocenters. The molecule has 0 fully saturated rings. The predicted molar refractivity (Wildman–Crippen MR) is 47.7 cm³/mol. The molecule has 0 aliphatic carbocycles. The highest BCUT2D eigenvalue weighted by Crippen LogP contribution is 2.34. The van der Waals surface area contributed by atoms with Gasteiger partial charge in [-0.05, 0) is 6.42 Å². The van der Waals surface area contributed by atoms with Gasteiger partial charge in [-0.3, -0.25) is 0 Å². The van der Waals surface area contributed by atoms with Crippen molar-refractivity contribution in [2.75, 3.05) is 5.33 Å². The van der Waals surface area contributed by atoms with E-state index in [2.05, 4.69) is 29.8 Å². The lowest BCUT2D eigenvalue weighted by molar-refractivity contribution is 0.395. The minimum atomic E-state index is -0.276. The maximum Gasteiger partial charge on any atom is 0.113 e. The van der Waals surface area contributed by atoms with Gasteiger partial charge in [0.25, 0.3) is 0 Å². The highest BCUT2D eigenvalue weighted by atomic mass is 79.9. The molecule has 0 spiro atoms. The number of halogens is 3. The van der Waals surface area contributed by atoms with Crippen LogP contribution in [-0.4, -0.2) is 10.2 Å². The van der Waals surface area contributed by atoms with Crippen molar-refractivity contribution in [1.29, 1.82) is 0 Å². The van der Waals surface area contributed by atoms with Crippen LogP contribution in [0.4, 0.5) is 0 Å². The van der Waals surface area contributed by atoms with Crippen LogP contribution in [0.5, 0.6) is 0 Å². The maximum atomic E-state index is 5.72. The summed E-state index contributed by atoms with van der Waals surface area (Å²) >= 11 is 14.8. The molecular weight excluding hydrogens is 223 g/mol. The summed E-state index contributed by atoms with van der Waals surface area (Å²) in [4.78, 5) is -0.276. The summed E-state index contributed by atoms with van der Waals surface area (Å²) in [6.45, 7) is 4.14. The van der Waals surface area contributed by atoms with Gasteiger partial charge in [-0.2, -0.15) is 0 Å². The van der Waals surface area contributed by atoms with Crippen molar-refractivity contribution in [2.45, 2.75) is 25.1 Å². The third-order valence-electron chi connectivity index (χ3n) is 1.64. The van der Waals surface area contributed by atoms with Gasteiger partial charge in [0.2, 0.25) is 0 Å². The molecule has 0 N–H and O–H groups in total. The first-order valence-electron chi connectivity index (χ1n) is 2.91. The molecule has 0 aromatic heterocycles. The summed E-state index contributed by atoms with van der Waals surface area (Å²) in [5.41, 5.74) is 0.0309. The standard InChI is InChI=1S/C6H11BrCl2/c1-3-6(2,4-7)5(8)9/h5H,3-4H2,1-2H3/t6-/m1/s1. The lowest BCUT2D eigenvalue weighted by Crippen LogP contribution is -2.24. The van der Waals surface area contributed by atoms with Crippen LogP contribution in [0.2, 0.25) is 0 Å². The molecule has 0 nitrogen and oxygen atoms in total. The SMILES string of the molecule is CC[C@](C)(CBr)C(Cl)Cl. The van der Waals surface area contributed by atoms with E-state index in [0.29, 0.717) is 0 Å². The van der Waals surface area contributed by atoms with Gasteiger partial charge >= 0.3 is 0 Å². The Morgan fingerprint density at radius 3 is 2.00 bits per heavy atom. The zero-order chi connectivity index (χ0) is 7.49. The Labute approximate surface area is 75.0 Å². The molecule has 56 valence electrons. The molecule has 0 saturated heterocycles. The fraction of sp³-hybridized carbons (Fsp3) is 1.00. The van der Waals surface area contributed by atoms with Crippen molar-refractivity contribution in [2.24, 2.45) is 5.41 Å². The second kappa shape index (κ2) is 4.05. The first-order chi connectivity index (χ1) is 4.06. The molecule has 0 rings (SSSR count). The zero-order valence-electron chi connectivity index (χ0n) is 5.63. The van der Waals surface area contributed by atoms with Crippen molar-refractivity contribution in [3.8, 4) is 0 Å². The van der Waals surface area contributed by atoms with Crippen LogP contribution in [0.15, 0.2) is 0 Å². The second-order valence-electron chi connectivity index (χ2n) is 2.44. The van der Waals surface area contributed by atoms with Gasteiger partial charge < -0.3 is 0 Å². The van der Waals surface area contributed by atoms with Crippen molar-refractivity contribution < 1.29 is 0 Å². The molecule has 0 aromatic rings. The van der Waals surface area contributed by atoms with Gasteiger partial charge in [-0.15, -0.1) is 23.2 Å². The lowest BCUT2D eigenvalue weighted by atomic mass is 9.93. The molecule has 0 aliphatic heterocycles. The highest BCUT2D eigenvalue weighted by molar-refractivity contribution is 9.09. The number of hydrogen-bond donors (Lipinski definition) is 0. The van der Waals surface area contributed by atoms with Crippen LogP contribution >= 0.6 is 39.1 Å². The Bertz CT molecular complexity index is 79.1. The molecule has 0 aromatic carbocycles. The predicted octanol–water partition coefficient (Wildman–Crippen LogP) is 3.60. The van der Waals surface area contributed by atoms with E-state index in [4.69, 9.17) is 23.2 Å². The Hall–Kier alpha value is 1.06. The average molecular weight is 234 g/mol. The number of alkyl halides is 3. The third-order valence-corrected chi connectivity index (χ3v) is 3.97. The molecule has 0 unspecified atom stereocenters. The fourth-order valence-electron chi connectivity index (χ4n) is 0.307. The lowest BCUT2D eigenvalue weighted by Gasteiger charge is -2.26. The highest BCUT2D eigenvalue weighted by Gasteiger charge is 2.27. The normalized spacial score (nSPS) is 18.0. The van der Waals surface area contributed by atoms with Gasteiger partial charge in [0.15, 0.2) is 0 Å². The zero-order valence-corrected chi connectivity index (χ0v) is 8.72. The van der Waals surface area contributed by atoms with Crippen molar-refractivity contribution in [1.82, 2.24) is 0 Å². The van der Waals surface area contributed by atoms with Crippen molar-refractivity contribution in [3.05, 3.63) is 0 Å². The summed E-state index contributed by atoms with van der Waals surface area (Å²) < 4.78 is 0. The summed E-state index contributed by atoms with van der Waals surface area (Å²) in [5, 5.41) is 0.855. The maximum absolute atomic E-state index is 5.72. The molecule has 0 aliphatic rings. The van der Waals surface area contributed by atoms with Crippen LogP contribution in [0.25, 0.3) is 0 Å². The minimum absolute atomic E-state index is 0.0309. The van der Waals surface area contributed by atoms with E-state index in [1.54, 1.807) is 0 Å². The van der Waals surface area contributed by atoms with Gasteiger partial charge in [-0.1, -0.05) is 29.8 Å². The fourth-order valence-corrected chi connectivity index (χ4v) is 1.86. The summed E-state index contributed by atoms with van der Waals surface area (Å²) in [5.74, 6) is 0. The molecule has 0 radical (unpaired) electrons. The van der Waals surface area contributed by atoms with Crippen LogP contribution < -0.4 is 0 Å². The average Bonchev–Trinajstić information content (AvgIpc) is 1.86. The molecule has 9 heavy (non-hydrogen) atoms. The van der Waals surface area contributed by atoms with Crippen LogP contribution in [0, 0.1) is 5.41 Å². The van der Waals surface area contributed by atoms with Gasteiger partial charge in [0, 0.05) is 10.7 Å². The van der Waals surface area contributed by atoms with Crippen LogP contribution in [0.3, 0.4) is 0 Å². The monoisotopic (exact) mass is 232 g/mol.